The maximum atomic E-state index is 14.0. The van der Waals surface area contributed by atoms with Gasteiger partial charge < -0.3 is 10.6 Å². The van der Waals surface area contributed by atoms with Gasteiger partial charge in [-0.2, -0.15) is 0 Å². The molecule has 5 heteroatoms. The van der Waals surface area contributed by atoms with Crippen molar-refractivity contribution in [3.05, 3.63) is 98.5 Å². The van der Waals surface area contributed by atoms with E-state index in [1.165, 1.54) is 16.7 Å². The van der Waals surface area contributed by atoms with Crippen molar-refractivity contribution in [2.75, 3.05) is 11.9 Å². The Balaban J connectivity index is 1.82. The fourth-order valence-electron chi connectivity index (χ4n) is 5.69. The Labute approximate surface area is 192 Å². The van der Waals surface area contributed by atoms with Crippen LogP contribution >= 0.6 is 23.2 Å². The summed E-state index contributed by atoms with van der Waals surface area (Å²) in [6.45, 7) is 5.06. The number of aryl methyl sites for hydroxylation is 2. The van der Waals surface area contributed by atoms with Crippen LogP contribution in [0.2, 0.25) is 10.0 Å². The molecule has 2 N–H and O–H groups in total. The maximum absolute atomic E-state index is 14.0. The lowest BCUT2D eigenvalue weighted by Crippen LogP contribution is -2.55. The lowest BCUT2D eigenvalue weighted by Gasteiger charge is -2.48. The monoisotopic (exact) mass is 450 g/mol. The average molecular weight is 451 g/mol. The highest BCUT2D eigenvalue weighted by molar-refractivity contribution is 6.31. The molecule has 5 rings (SSSR count). The minimum absolute atomic E-state index is 0.00888. The second-order valence-electron chi connectivity index (χ2n) is 8.60. The van der Waals surface area contributed by atoms with E-state index in [4.69, 9.17) is 23.2 Å². The first-order valence-electron chi connectivity index (χ1n) is 10.6. The summed E-state index contributed by atoms with van der Waals surface area (Å²) in [7, 11) is 0. The van der Waals surface area contributed by atoms with Crippen LogP contribution in [0, 0.1) is 13.8 Å². The smallest absolute Gasteiger partial charge is 0.237 e. The number of benzene rings is 3. The van der Waals surface area contributed by atoms with Crippen molar-refractivity contribution in [2.45, 2.75) is 37.6 Å². The Morgan fingerprint density at radius 3 is 2.39 bits per heavy atom. The summed E-state index contributed by atoms with van der Waals surface area (Å²) < 4.78 is 0. The van der Waals surface area contributed by atoms with Crippen molar-refractivity contribution in [1.29, 1.82) is 0 Å². The van der Waals surface area contributed by atoms with Crippen molar-refractivity contribution in [3.63, 3.8) is 0 Å². The third kappa shape index (κ3) is 3.10. The molecule has 3 nitrogen and oxygen atoms in total. The van der Waals surface area contributed by atoms with Gasteiger partial charge in [0.1, 0.15) is 5.41 Å². The Kier molecular flexibility index (Phi) is 5.09. The second-order valence-corrected chi connectivity index (χ2v) is 9.47. The molecule has 1 spiro atoms. The summed E-state index contributed by atoms with van der Waals surface area (Å²) >= 11 is 12.7. The fraction of sp³-hybridized carbons (Fsp3) is 0.269. The molecule has 2 heterocycles. The van der Waals surface area contributed by atoms with E-state index in [0.717, 1.165) is 29.8 Å². The molecule has 1 amide bonds. The van der Waals surface area contributed by atoms with Gasteiger partial charge in [-0.3, -0.25) is 4.79 Å². The van der Waals surface area contributed by atoms with Crippen molar-refractivity contribution in [3.8, 4) is 0 Å². The van der Waals surface area contributed by atoms with Gasteiger partial charge in [0.15, 0.2) is 0 Å². The van der Waals surface area contributed by atoms with Crippen LogP contribution in [0.15, 0.2) is 60.7 Å². The van der Waals surface area contributed by atoms with Crippen LogP contribution in [0.4, 0.5) is 5.69 Å². The van der Waals surface area contributed by atoms with Crippen LogP contribution in [0.5, 0.6) is 0 Å². The van der Waals surface area contributed by atoms with Crippen molar-refractivity contribution in [1.82, 2.24) is 5.32 Å². The number of halogens is 2. The summed E-state index contributed by atoms with van der Waals surface area (Å²) in [6, 6.07) is 19.8. The molecule has 3 aromatic rings. The van der Waals surface area contributed by atoms with Crippen molar-refractivity contribution in [2.24, 2.45) is 0 Å². The highest BCUT2D eigenvalue weighted by Gasteiger charge is 2.59. The Morgan fingerprint density at radius 1 is 0.935 bits per heavy atom. The zero-order valence-corrected chi connectivity index (χ0v) is 19.0. The van der Waals surface area contributed by atoms with Crippen molar-refractivity contribution >= 4 is 34.8 Å². The molecule has 3 atom stereocenters. The van der Waals surface area contributed by atoms with Crippen LogP contribution in [0.25, 0.3) is 0 Å². The van der Waals surface area contributed by atoms with Gasteiger partial charge in [0.2, 0.25) is 5.91 Å². The predicted molar refractivity (Wildman–Crippen MR) is 127 cm³/mol. The summed E-state index contributed by atoms with van der Waals surface area (Å²) in [5, 5.41) is 8.18. The van der Waals surface area contributed by atoms with Gasteiger partial charge in [0, 0.05) is 21.7 Å². The Bertz CT molecular complexity index is 1170. The number of anilines is 1. The van der Waals surface area contributed by atoms with E-state index in [1.54, 1.807) is 0 Å². The van der Waals surface area contributed by atoms with Crippen LogP contribution in [0.1, 0.15) is 46.2 Å². The zero-order valence-electron chi connectivity index (χ0n) is 17.5. The number of amides is 1. The van der Waals surface area contributed by atoms with Gasteiger partial charge in [-0.1, -0.05) is 59.6 Å². The number of carbonyl (C=O) groups excluding carboxylic acids is 1. The predicted octanol–water partition coefficient (Wildman–Crippen LogP) is 6.32. The molecule has 31 heavy (non-hydrogen) atoms. The first-order chi connectivity index (χ1) is 14.9. The van der Waals surface area contributed by atoms with Gasteiger partial charge in [-0.15, -0.1) is 0 Å². The highest BCUT2D eigenvalue weighted by Crippen LogP contribution is 2.58. The quantitative estimate of drug-likeness (QED) is 0.479. The molecule has 1 fully saturated rings. The number of carbonyl (C=O) groups is 1. The standard InChI is InChI=1S/C26H24Cl2N2O/c1-15-5-3-6-16(2)23(15)24-26(21-10-9-19(28)14-22(21)30-25(26)31)20(11-12-29-24)17-7-4-8-18(27)13-17/h3-10,13-14,20,24,29H,11-12H2,1-2H3,(H,30,31)/t20-,24+,26+/m0/s1. The molecule has 1 saturated heterocycles. The van der Waals surface area contributed by atoms with Crippen LogP contribution in [-0.2, 0) is 10.2 Å². The molecule has 0 aromatic heterocycles. The van der Waals surface area contributed by atoms with E-state index in [0.29, 0.717) is 10.0 Å². The number of rotatable bonds is 2. The highest BCUT2D eigenvalue weighted by atomic mass is 35.5. The molecule has 0 aliphatic carbocycles. The minimum atomic E-state index is -0.806. The van der Waals surface area contributed by atoms with E-state index in [9.17, 15) is 4.79 Å². The summed E-state index contributed by atoms with van der Waals surface area (Å²) in [5.41, 5.74) is 5.61. The van der Waals surface area contributed by atoms with Crippen LogP contribution in [-0.4, -0.2) is 12.5 Å². The third-order valence-corrected chi connectivity index (χ3v) is 7.39. The number of fused-ring (bicyclic) bond motifs is 2. The summed E-state index contributed by atoms with van der Waals surface area (Å²) in [6.07, 6.45) is 0.831. The molecule has 158 valence electrons. The Morgan fingerprint density at radius 2 is 1.65 bits per heavy atom. The first-order valence-corrected chi connectivity index (χ1v) is 11.3. The average Bonchev–Trinajstić information content (AvgIpc) is 3.00. The SMILES string of the molecule is Cc1cccc(C)c1[C@H]1NCC[C@@H](c2cccc(Cl)c2)[C@]12C(=O)Nc1cc(Cl)ccc12. The molecule has 2 aliphatic heterocycles. The normalized spacial score (nSPS) is 24.8. The van der Waals surface area contributed by atoms with Gasteiger partial charge in [0.05, 0.1) is 6.04 Å². The van der Waals surface area contributed by atoms with Crippen LogP contribution < -0.4 is 10.6 Å². The lowest BCUT2D eigenvalue weighted by atomic mass is 9.59. The molecule has 0 unspecified atom stereocenters. The van der Waals surface area contributed by atoms with Gasteiger partial charge in [-0.25, -0.2) is 0 Å². The number of piperidine rings is 1. The van der Waals surface area contributed by atoms with E-state index in [1.807, 2.05) is 36.4 Å². The second kappa shape index (κ2) is 7.67. The number of hydrogen-bond donors (Lipinski definition) is 2. The summed E-state index contributed by atoms with van der Waals surface area (Å²) in [4.78, 5) is 14.0. The molecule has 3 aromatic carbocycles. The van der Waals surface area contributed by atoms with E-state index < -0.39 is 5.41 Å². The fourth-order valence-corrected chi connectivity index (χ4v) is 6.06. The topological polar surface area (TPSA) is 41.1 Å². The number of hydrogen-bond acceptors (Lipinski definition) is 2. The zero-order chi connectivity index (χ0) is 21.8. The van der Waals surface area contributed by atoms with Gasteiger partial charge in [0.25, 0.3) is 0 Å². The molecule has 0 radical (unpaired) electrons. The lowest BCUT2D eigenvalue weighted by molar-refractivity contribution is -0.123. The van der Waals surface area contributed by atoms with E-state index >= 15 is 0 Å². The first kappa shape index (κ1) is 20.6. The largest absolute Gasteiger partial charge is 0.325 e. The Hall–Kier alpha value is -2.33. The van der Waals surface area contributed by atoms with Crippen molar-refractivity contribution < 1.29 is 4.79 Å². The summed E-state index contributed by atoms with van der Waals surface area (Å²) in [5.74, 6) is -0.0199. The maximum Gasteiger partial charge on any atom is 0.237 e. The third-order valence-electron chi connectivity index (χ3n) is 6.92. The van der Waals surface area contributed by atoms with Gasteiger partial charge in [-0.05, 0) is 78.9 Å². The van der Waals surface area contributed by atoms with E-state index in [2.05, 4.69) is 48.7 Å². The van der Waals surface area contributed by atoms with E-state index in [-0.39, 0.29) is 17.9 Å². The molecular weight excluding hydrogens is 427 g/mol. The minimum Gasteiger partial charge on any atom is -0.325 e. The molecule has 0 saturated carbocycles. The molecule has 2 aliphatic rings. The molecular formula is C26H24Cl2N2O. The van der Waals surface area contributed by atoms with Gasteiger partial charge >= 0.3 is 0 Å². The number of nitrogens with one attached hydrogen (secondary N) is 2. The van der Waals surface area contributed by atoms with Crippen LogP contribution in [0.3, 0.4) is 0 Å². The molecule has 0 bridgehead atoms.